The van der Waals surface area contributed by atoms with E-state index in [0.717, 1.165) is 10.2 Å². The highest BCUT2D eigenvalue weighted by Gasteiger charge is 2.17. The van der Waals surface area contributed by atoms with E-state index in [4.69, 9.17) is 0 Å². The molecule has 0 unspecified atom stereocenters. The summed E-state index contributed by atoms with van der Waals surface area (Å²) in [6.45, 7) is 1.87. The van der Waals surface area contributed by atoms with E-state index in [1.165, 1.54) is 11.3 Å². The van der Waals surface area contributed by atoms with Crippen LogP contribution < -0.4 is 0 Å². The van der Waals surface area contributed by atoms with E-state index in [1.807, 2.05) is 0 Å². The van der Waals surface area contributed by atoms with Gasteiger partial charge in [-0.1, -0.05) is 0 Å². The highest BCUT2D eigenvalue weighted by Crippen LogP contribution is 2.19. The largest absolute Gasteiger partial charge is 0.460 e. The summed E-state index contributed by atoms with van der Waals surface area (Å²) in [5.74, 6) is -1.43. The summed E-state index contributed by atoms with van der Waals surface area (Å²) >= 11 is 1.43. The molecule has 0 bridgehead atoms. The monoisotopic (exact) mass is 235 g/mol. The van der Waals surface area contributed by atoms with Gasteiger partial charge in [0.2, 0.25) is 0 Å². The summed E-state index contributed by atoms with van der Waals surface area (Å²) in [5.41, 5.74) is 2.86. The van der Waals surface area contributed by atoms with Crippen molar-refractivity contribution >= 4 is 33.3 Å². The molecule has 0 saturated carbocycles. The molecule has 5 heteroatoms. The molecule has 1 aromatic heterocycles. The highest BCUT2D eigenvalue weighted by atomic mass is 32.1. The molecule has 0 fully saturated rings. The molecule has 0 N–H and O–H groups in total. The number of esters is 1. The SMILES string of the molecule is CCOC(=O)C(=O)c1ccc2ncsc2c1. The minimum absolute atomic E-state index is 0.202. The van der Waals surface area contributed by atoms with Crippen LogP contribution in [0.15, 0.2) is 23.7 Å². The zero-order chi connectivity index (χ0) is 11.5. The quantitative estimate of drug-likeness (QED) is 0.464. The zero-order valence-corrected chi connectivity index (χ0v) is 9.41. The van der Waals surface area contributed by atoms with Gasteiger partial charge in [0, 0.05) is 5.56 Å². The molecule has 2 rings (SSSR count). The number of carbonyl (C=O) groups is 2. The number of ether oxygens (including phenoxy) is 1. The van der Waals surface area contributed by atoms with Crippen LogP contribution in [0.4, 0.5) is 0 Å². The van der Waals surface area contributed by atoms with Gasteiger partial charge in [0.1, 0.15) is 0 Å². The summed E-state index contributed by atoms with van der Waals surface area (Å²) in [7, 11) is 0. The van der Waals surface area contributed by atoms with Crippen LogP contribution in [0.2, 0.25) is 0 Å². The van der Waals surface area contributed by atoms with Crippen molar-refractivity contribution in [3.05, 3.63) is 29.3 Å². The summed E-state index contributed by atoms with van der Waals surface area (Å²) < 4.78 is 5.54. The number of carbonyl (C=O) groups excluding carboxylic acids is 2. The van der Waals surface area contributed by atoms with E-state index in [1.54, 1.807) is 30.6 Å². The van der Waals surface area contributed by atoms with Crippen molar-refractivity contribution in [2.75, 3.05) is 6.61 Å². The molecule has 0 radical (unpaired) electrons. The Labute approximate surface area is 95.9 Å². The van der Waals surface area contributed by atoms with E-state index >= 15 is 0 Å². The summed E-state index contributed by atoms with van der Waals surface area (Å²) in [5, 5.41) is 0. The Balaban J connectivity index is 2.32. The van der Waals surface area contributed by atoms with Gasteiger partial charge in [-0.2, -0.15) is 0 Å². The van der Waals surface area contributed by atoms with Crippen LogP contribution in [-0.4, -0.2) is 23.3 Å². The van der Waals surface area contributed by atoms with Crippen molar-refractivity contribution < 1.29 is 14.3 Å². The number of nitrogens with zero attached hydrogens (tertiary/aromatic N) is 1. The minimum atomic E-state index is -0.814. The van der Waals surface area contributed by atoms with Crippen LogP contribution in [0.5, 0.6) is 0 Å². The van der Waals surface area contributed by atoms with Crippen LogP contribution in [0.25, 0.3) is 10.2 Å². The number of thiazole rings is 1. The number of hydrogen-bond acceptors (Lipinski definition) is 5. The van der Waals surface area contributed by atoms with E-state index in [0.29, 0.717) is 5.56 Å². The maximum absolute atomic E-state index is 11.6. The summed E-state index contributed by atoms with van der Waals surface area (Å²) in [6.07, 6.45) is 0. The lowest BCUT2D eigenvalue weighted by Crippen LogP contribution is -2.17. The lowest BCUT2D eigenvalue weighted by Gasteiger charge is -2.00. The molecule has 1 heterocycles. The minimum Gasteiger partial charge on any atom is -0.460 e. The highest BCUT2D eigenvalue weighted by molar-refractivity contribution is 7.16. The first-order chi connectivity index (χ1) is 7.72. The molecule has 0 saturated heterocycles. The second-order valence-corrected chi connectivity index (χ2v) is 3.97. The van der Waals surface area contributed by atoms with Crippen molar-refractivity contribution in [3.8, 4) is 0 Å². The van der Waals surface area contributed by atoms with Gasteiger partial charge in [-0.15, -0.1) is 11.3 Å². The smallest absolute Gasteiger partial charge is 0.379 e. The van der Waals surface area contributed by atoms with Crippen molar-refractivity contribution in [3.63, 3.8) is 0 Å². The van der Waals surface area contributed by atoms with Gasteiger partial charge < -0.3 is 4.74 Å². The summed E-state index contributed by atoms with van der Waals surface area (Å²) in [4.78, 5) is 26.9. The Morgan fingerprint density at radius 1 is 1.44 bits per heavy atom. The first-order valence-electron chi connectivity index (χ1n) is 4.77. The number of fused-ring (bicyclic) bond motifs is 1. The fourth-order valence-electron chi connectivity index (χ4n) is 1.31. The number of rotatable bonds is 3. The van der Waals surface area contributed by atoms with Gasteiger partial charge in [0.15, 0.2) is 0 Å². The van der Waals surface area contributed by atoms with Crippen molar-refractivity contribution in [2.45, 2.75) is 6.92 Å². The van der Waals surface area contributed by atoms with Gasteiger partial charge >= 0.3 is 5.97 Å². The Morgan fingerprint density at radius 2 is 2.25 bits per heavy atom. The fraction of sp³-hybridized carbons (Fsp3) is 0.182. The topological polar surface area (TPSA) is 56.3 Å². The molecular weight excluding hydrogens is 226 g/mol. The molecule has 0 atom stereocenters. The second kappa shape index (κ2) is 4.40. The molecule has 1 aromatic carbocycles. The van der Waals surface area contributed by atoms with Gasteiger partial charge in [0.25, 0.3) is 5.78 Å². The van der Waals surface area contributed by atoms with E-state index < -0.39 is 11.8 Å². The molecule has 0 spiro atoms. The fourth-order valence-corrected chi connectivity index (χ4v) is 2.03. The van der Waals surface area contributed by atoms with E-state index in [-0.39, 0.29) is 6.61 Å². The van der Waals surface area contributed by atoms with Gasteiger partial charge in [-0.3, -0.25) is 4.79 Å². The number of Topliss-reactive ketones (excluding diaryl/α,β-unsaturated/α-hetero) is 1. The third-order valence-electron chi connectivity index (χ3n) is 2.05. The predicted octanol–water partition coefficient (Wildman–Crippen LogP) is 2.04. The molecule has 0 aliphatic heterocycles. The normalized spacial score (nSPS) is 10.3. The van der Waals surface area contributed by atoms with Crippen LogP contribution in [0.1, 0.15) is 17.3 Å². The molecule has 82 valence electrons. The molecule has 16 heavy (non-hydrogen) atoms. The van der Waals surface area contributed by atoms with E-state index in [9.17, 15) is 9.59 Å². The van der Waals surface area contributed by atoms with Crippen molar-refractivity contribution in [2.24, 2.45) is 0 Å². The average Bonchev–Trinajstić information content (AvgIpc) is 2.75. The molecule has 0 aliphatic carbocycles. The maximum Gasteiger partial charge on any atom is 0.379 e. The number of ketones is 1. The molecule has 4 nitrogen and oxygen atoms in total. The average molecular weight is 235 g/mol. The first-order valence-corrected chi connectivity index (χ1v) is 5.65. The molecule has 0 amide bonds. The number of benzene rings is 1. The Bertz CT molecular complexity index is 547. The van der Waals surface area contributed by atoms with Crippen molar-refractivity contribution in [1.29, 1.82) is 0 Å². The Morgan fingerprint density at radius 3 is 3.00 bits per heavy atom. The van der Waals surface area contributed by atoms with E-state index in [2.05, 4.69) is 9.72 Å². The van der Waals surface area contributed by atoms with Gasteiger partial charge in [-0.25, -0.2) is 9.78 Å². The molecular formula is C11H9NO3S. The number of aromatic nitrogens is 1. The molecule has 0 aliphatic rings. The van der Waals surface area contributed by atoms with Gasteiger partial charge in [-0.05, 0) is 25.1 Å². The van der Waals surface area contributed by atoms with Crippen LogP contribution >= 0.6 is 11.3 Å². The third-order valence-corrected chi connectivity index (χ3v) is 2.85. The lowest BCUT2D eigenvalue weighted by molar-refractivity contribution is -0.137. The standard InChI is InChI=1S/C11H9NO3S/c1-2-15-11(14)10(13)7-3-4-8-9(5-7)16-6-12-8/h3-6H,2H2,1H3. The maximum atomic E-state index is 11.6. The van der Waals surface area contributed by atoms with Crippen LogP contribution in [0, 0.1) is 0 Å². The Kier molecular flexibility index (Phi) is 2.96. The van der Waals surface area contributed by atoms with Gasteiger partial charge in [0.05, 0.1) is 22.3 Å². The third kappa shape index (κ3) is 1.94. The first kappa shape index (κ1) is 10.8. The summed E-state index contributed by atoms with van der Waals surface area (Å²) in [6, 6.07) is 4.96. The van der Waals surface area contributed by atoms with Crippen molar-refractivity contribution in [1.82, 2.24) is 4.98 Å². The predicted molar refractivity (Wildman–Crippen MR) is 60.6 cm³/mol. The van der Waals surface area contributed by atoms with Crippen LogP contribution in [0.3, 0.4) is 0 Å². The zero-order valence-electron chi connectivity index (χ0n) is 8.60. The molecule has 2 aromatic rings. The lowest BCUT2D eigenvalue weighted by atomic mass is 10.1. The van der Waals surface area contributed by atoms with Crippen LogP contribution in [-0.2, 0) is 9.53 Å². The number of hydrogen-bond donors (Lipinski definition) is 0. The second-order valence-electron chi connectivity index (χ2n) is 3.08. The Hall–Kier alpha value is -1.75.